The van der Waals surface area contributed by atoms with Crippen LogP contribution in [0.5, 0.6) is 5.88 Å². The first-order chi connectivity index (χ1) is 14.0. The predicted octanol–water partition coefficient (Wildman–Crippen LogP) is 3.80. The third kappa shape index (κ3) is 6.18. The van der Waals surface area contributed by atoms with Gasteiger partial charge in [-0.3, -0.25) is 9.59 Å². The highest BCUT2D eigenvalue weighted by molar-refractivity contribution is 7.99. The minimum atomic E-state index is -0.465. The van der Waals surface area contributed by atoms with Crippen molar-refractivity contribution >= 4 is 17.7 Å². The summed E-state index contributed by atoms with van der Waals surface area (Å²) in [6.45, 7) is 8.94. The van der Waals surface area contributed by atoms with E-state index in [0.29, 0.717) is 17.7 Å². The average molecular weight is 418 g/mol. The largest absolute Gasteiger partial charge is 0.493 e. The van der Waals surface area contributed by atoms with Crippen LogP contribution >= 0.6 is 11.8 Å². The van der Waals surface area contributed by atoms with Crippen molar-refractivity contribution in [1.29, 1.82) is 0 Å². The molecule has 0 bridgehead atoms. The second-order valence-corrected chi connectivity index (χ2v) is 7.90. The van der Waals surface area contributed by atoms with Crippen molar-refractivity contribution in [1.82, 2.24) is 14.5 Å². The summed E-state index contributed by atoms with van der Waals surface area (Å²) in [6.07, 6.45) is 3.14. The maximum Gasteiger partial charge on any atom is 0.268 e. The van der Waals surface area contributed by atoms with Gasteiger partial charge in [0.15, 0.2) is 5.16 Å². The predicted molar refractivity (Wildman–Crippen MR) is 118 cm³/mol. The van der Waals surface area contributed by atoms with Gasteiger partial charge in [-0.1, -0.05) is 63.6 Å². The van der Waals surface area contributed by atoms with Crippen molar-refractivity contribution in [3.05, 3.63) is 51.8 Å². The number of carbonyl (C=O) groups excluding carboxylic acids is 1. The Balaban J connectivity index is 2.40. The van der Waals surface area contributed by atoms with E-state index in [1.165, 1.54) is 11.8 Å². The fourth-order valence-corrected chi connectivity index (χ4v) is 4.07. The third-order valence-electron chi connectivity index (χ3n) is 4.91. The lowest BCUT2D eigenvalue weighted by molar-refractivity contribution is 0.0942. The molecular weight excluding hydrogens is 386 g/mol. The van der Waals surface area contributed by atoms with Crippen molar-refractivity contribution < 1.29 is 9.90 Å². The van der Waals surface area contributed by atoms with Gasteiger partial charge >= 0.3 is 0 Å². The van der Waals surface area contributed by atoms with E-state index in [-0.39, 0.29) is 16.6 Å². The highest BCUT2D eigenvalue weighted by atomic mass is 32.2. The first-order valence-corrected chi connectivity index (χ1v) is 11.3. The summed E-state index contributed by atoms with van der Waals surface area (Å²) in [6, 6.07) is 8.72. The number of carbonyl (C=O) groups is 1. The van der Waals surface area contributed by atoms with Gasteiger partial charge in [0, 0.05) is 17.9 Å². The van der Waals surface area contributed by atoms with Crippen LogP contribution in [0.3, 0.4) is 0 Å². The molecule has 0 unspecified atom stereocenters. The topological polar surface area (TPSA) is 75.4 Å². The van der Waals surface area contributed by atoms with Crippen LogP contribution in [0.4, 0.5) is 0 Å². The van der Waals surface area contributed by atoms with Gasteiger partial charge in [0.05, 0.1) is 5.56 Å². The van der Waals surface area contributed by atoms with E-state index in [1.54, 1.807) is 24.3 Å². The van der Waals surface area contributed by atoms with Gasteiger partial charge in [-0.2, -0.15) is 4.98 Å². The van der Waals surface area contributed by atoms with Crippen LogP contribution in [0.15, 0.2) is 40.3 Å². The van der Waals surface area contributed by atoms with Gasteiger partial charge in [-0.25, -0.2) is 4.57 Å². The average Bonchev–Trinajstić information content (AvgIpc) is 2.74. The van der Waals surface area contributed by atoms with Crippen LogP contribution in [-0.4, -0.2) is 50.9 Å². The van der Waals surface area contributed by atoms with E-state index >= 15 is 0 Å². The molecule has 0 aliphatic carbocycles. The molecule has 158 valence electrons. The zero-order valence-corrected chi connectivity index (χ0v) is 18.4. The Labute approximate surface area is 177 Å². The minimum Gasteiger partial charge on any atom is -0.493 e. The zero-order chi connectivity index (χ0) is 21.2. The molecule has 0 amide bonds. The first kappa shape index (κ1) is 23.2. The molecule has 0 saturated carbocycles. The Morgan fingerprint density at radius 1 is 1.14 bits per heavy atom. The number of aromatic hydroxyl groups is 1. The summed E-state index contributed by atoms with van der Waals surface area (Å²) in [5.74, 6) is 0.00360. The van der Waals surface area contributed by atoms with E-state index < -0.39 is 11.5 Å². The van der Waals surface area contributed by atoms with Gasteiger partial charge in [0.25, 0.3) is 11.5 Å². The third-order valence-corrected chi connectivity index (χ3v) is 5.83. The Bertz CT molecular complexity index is 848. The number of hydrogen-bond donors (Lipinski definition) is 1. The Kier molecular flexibility index (Phi) is 9.41. The molecule has 1 heterocycles. The number of nitrogens with zero attached hydrogens (tertiary/aromatic N) is 3. The molecule has 2 aromatic rings. The van der Waals surface area contributed by atoms with Crippen molar-refractivity contribution in [3.8, 4) is 5.88 Å². The number of aromatic nitrogens is 2. The number of benzene rings is 1. The van der Waals surface area contributed by atoms with Crippen molar-refractivity contribution in [2.24, 2.45) is 0 Å². The monoisotopic (exact) mass is 417 g/mol. The number of unbranched alkanes of at least 4 members (excludes halogenated alkanes) is 2. The zero-order valence-electron chi connectivity index (χ0n) is 17.6. The van der Waals surface area contributed by atoms with E-state index in [9.17, 15) is 14.7 Å². The summed E-state index contributed by atoms with van der Waals surface area (Å²) >= 11 is 1.32. The molecule has 29 heavy (non-hydrogen) atoms. The van der Waals surface area contributed by atoms with Crippen LogP contribution < -0.4 is 5.56 Å². The molecule has 7 heteroatoms. The standard InChI is InChI=1S/C22H31N3O3S/c1-4-7-9-14-18-19(26)23-22(29-16-15-24(5-2)6-3)25(21(18)28)20(27)17-12-10-8-11-13-17/h8,10-13,26H,4-7,9,14-16H2,1-3H3. The quantitative estimate of drug-likeness (QED) is 0.340. The fraction of sp³-hybridized carbons (Fsp3) is 0.500. The van der Waals surface area contributed by atoms with Crippen LogP contribution in [0.25, 0.3) is 0 Å². The molecule has 0 radical (unpaired) electrons. The minimum absolute atomic E-state index is 0.218. The molecule has 1 aromatic heterocycles. The van der Waals surface area contributed by atoms with Crippen molar-refractivity contribution in [2.45, 2.75) is 51.6 Å². The number of hydrogen-bond acceptors (Lipinski definition) is 6. The number of thioether (sulfide) groups is 1. The van der Waals surface area contributed by atoms with Gasteiger partial charge < -0.3 is 10.0 Å². The van der Waals surface area contributed by atoms with Crippen LogP contribution in [0.2, 0.25) is 0 Å². The van der Waals surface area contributed by atoms with E-state index in [2.05, 4.69) is 30.7 Å². The van der Waals surface area contributed by atoms with Gasteiger partial charge in [0.1, 0.15) is 0 Å². The first-order valence-electron chi connectivity index (χ1n) is 10.3. The lowest BCUT2D eigenvalue weighted by Crippen LogP contribution is -2.33. The summed E-state index contributed by atoms with van der Waals surface area (Å²) in [5, 5.41) is 10.6. The lowest BCUT2D eigenvalue weighted by Gasteiger charge is -2.18. The molecule has 0 aliphatic heterocycles. The summed E-state index contributed by atoms with van der Waals surface area (Å²) in [7, 11) is 0. The normalized spacial score (nSPS) is 11.2. The van der Waals surface area contributed by atoms with E-state index in [0.717, 1.165) is 43.5 Å². The van der Waals surface area contributed by atoms with Crippen molar-refractivity contribution in [2.75, 3.05) is 25.4 Å². The fourth-order valence-electron chi connectivity index (χ4n) is 3.09. The molecule has 1 N–H and O–H groups in total. The highest BCUT2D eigenvalue weighted by Gasteiger charge is 2.22. The molecule has 1 aromatic carbocycles. The maximum atomic E-state index is 13.1. The van der Waals surface area contributed by atoms with Crippen LogP contribution in [0.1, 0.15) is 56.0 Å². The second-order valence-electron chi connectivity index (χ2n) is 6.84. The summed E-state index contributed by atoms with van der Waals surface area (Å²) < 4.78 is 1.13. The Morgan fingerprint density at radius 3 is 2.45 bits per heavy atom. The Morgan fingerprint density at radius 2 is 1.83 bits per heavy atom. The van der Waals surface area contributed by atoms with E-state index in [1.807, 2.05) is 6.07 Å². The lowest BCUT2D eigenvalue weighted by atomic mass is 10.1. The second kappa shape index (κ2) is 11.8. The maximum absolute atomic E-state index is 13.1. The highest BCUT2D eigenvalue weighted by Crippen LogP contribution is 2.22. The SMILES string of the molecule is CCCCCc1c(O)nc(SCCN(CC)CC)n(C(=O)c2ccccc2)c1=O. The molecule has 6 nitrogen and oxygen atoms in total. The van der Waals surface area contributed by atoms with Gasteiger partial charge in [-0.05, 0) is 38.1 Å². The van der Waals surface area contributed by atoms with E-state index in [4.69, 9.17) is 0 Å². The van der Waals surface area contributed by atoms with Gasteiger partial charge in [0.2, 0.25) is 5.88 Å². The molecular formula is C22H31N3O3S. The van der Waals surface area contributed by atoms with Gasteiger partial charge in [-0.15, -0.1) is 0 Å². The Hall–Kier alpha value is -2.12. The number of rotatable bonds is 11. The molecule has 0 spiro atoms. The molecule has 0 saturated heterocycles. The van der Waals surface area contributed by atoms with Crippen molar-refractivity contribution in [3.63, 3.8) is 0 Å². The van der Waals surface area contributed by atoms with Crippen LogP contribution in [0, 0.1) is 0 Å². The summed E-state index contributed by atoms with van der Waals surface area (Å²) in [4.78, 5) is 32.8. The smallest absolute Gasteiger partial charge is 0.268 e. The molecule has 0 fully saturated rings. The molecule has 2 rings (SSSR count). The summed E-state index contributed by atoms with van der Waals surface area (Å²) in [5.41, 5.74) is 0.177. The molecule has 0 aliphatic rings. The molecule has 0 atom stereocenters. The van der Waals surface area contributed by atoms with Crippen LogP contribution in [-0.2, 0) is 6.42 Å².